The van der Waals surface area contributed by atoms with Crippen molar-refractivity contribution in [2.45, 2.75) is 33.6 Å². The van der Waals surface area contributed by atoms with E-state index in [0.717, 1.165) is 12.1 Å². The average Bonchev–Trinajstić information content (AvgIpc) is 2.21. The molecule has 1 amide bonds. The predicted octanol–water partition coefficient (Wildman–Crippen LogP) is 2.91. The van der Waals surface area contributed by atoms with Crippen LogP contribution in [0.15, 0.2) is 18.2 Å². The van der Waals surface area contributed by atoms with Crippen LogP contribution in [0.2, 0.25) is 0 Å². The average molecular weight is 191 g/mol. The molecule has 0 aromatic heterocycles. The molecule has 0 atom stereocenters. The Balaban J connectivity index is 0.000000461. The van der Waals surface area contributed by atoms with E-state index in [4.69, 9.17) is 0 Å². The highest BCUT2D eigenvalue weighted by atomic mass is 16.1. The van der Waals surface area contributed by atoms with E-state index in [2.05, 4.69) is 18.3 Å². The van der Waals surface area contributed by atoms with E-state index >= 15 is 0 Å². The molecule has 2 heteroatoms. The van der Waals surface area contributed by atoms with Crippen LogP contribution >= 0.6 is 0 Å². The van der Waals surface area contributed by atoms with Gasteiger partial charge in [-0.3, -0.25) is 4.79 Å². The summed E-state index contributed by atoms with van der Waals surface area (Å²) in [5.41, 5.74) is 3.50. The number of amides is 1. The lowest BCUT2D eigenvalue weighted by molar-refractivity contribution is -0.116. The fourth-order valence-electron chi connectivity index (χ4n) is 1.51. The highest BCUT2D eigenvalue weighted by molar-refractivity contribution is 5.93. The van der Waals surface area contributed by atoms with Gasteiger partial charge in [-0.15, -0.1) is 0 Å². The normalized spacial score (nSPS) is 13.5. The van der Waals surface area contributed by atoms with Crippen molar-refractivity contribution in [2.75, 3.05) is 5.32 Å². The van der Waals surface area contributed by atoms with Crippen LogP contribution < -0.4 is 5.32 Å². The van der Waals surface area contributed by atoms with Crippen LogP contribution in [0.1, 0.15) is 31.4 Å². The third-order valence-electron chi connectivity index (χ3n) is 2.16. The Hall–Kier alpha value is -1.31. The molecule has 0 bridgehead atoms. The van der Waals surface area contributed by atoms with Crippen LogP contribution in [0.25, 0.3) is 0 Å². The molecule has 1 aromatic rings. The number of aryl methyl sites for hydroxylation is 2. The number of hydrogen-bond acceptors (Lipinski definition) is 1. The summed E-state index contributed by atoms with van der Waals surface area (Å²) in [4.78, 5) is 11.0. The summed E-state index contributed by atoms with van der Waals surface area (Å²) in [6.07, 6.45) is 1.50. The molecule has 0 aliphatic carbocycles. The second kappa shape index (κ2) is 4.80. The molecule has 2 rings (SSSR count). The second-order valence-electron chi connectivity index (χ2n) is 3.21. The van der Waals surface area contributed by atoms with E-state index in [0.29, 0.717) is 6.42 Å². The maximum atomic E-state index is 11.0. The first-order valence-corrected chi connectivity index (χ1v) is 5.15. The number of carbonyl (C=O) groups is 1. The first kappa shape index (κ1) is 10.8. The lowest BCUT2D eigenvalue weighted by Gasteiger charge is -2.16. The third kappa shape index (κ3) is 2.34. The fraction of sp³-hybridized carbons (Fsp3) is 0.417. The van der Waals surface area contributed by atoms with Gasteiger partial charge in [-0.05, 0) is 25.0 Å². The monoisotopic (exact) mass is 191 g/mol. The number of rotatable bonds is 0. The van der Waals surface area contributed by atoms with Gasteiger partial charge in [0.05, 0.1) is 0 Å². The molecule has 1 aliphatic rings. The molecule has 1 aliphatic heterocycles. The standard InChI is InChI=1S/C10H11NO.C2H6/c1-7-2-4-9-8(6-7)3-5-10(12)11-9;1-2/h2,4,6H,3,5H2,1H3,(H,11,12);1-2H3. The molecular weight excluding hydrogens is 174 g/mol. The molecule has 0 saturated heterocycles. The molecule has 14 heavy (non-hydrogen) atoms. The Bertz CT molecular complexity index is 331. The van der Waals surface area contributed by atoms with Gasteiger partial charge in [0.2, 0.25) is 5.91 Å². The predicted molar refractivity (Wildman–Crippen MR) is 59.5 cm³/mol. The lowest BCUT2D eigenvalue weighted by atomic mass is 10.0. The Kier molecular flexibility index (Phi) is 3.69. The molecule has 76 valence electrons. The summed E-state index contributed by atoms with van der Waals surface area (Å²) in [5, 5.41) is 2.85. The Labute approximate surface area is 85.3 Å². The van der Waals surface area contributed by atoms with Gasteiger partial charge >= 0.3 is 0 Å². The molecule has 1 aromatic carbocycles. The van der Waals surface area contributed by atoms with Crippen molar-refractivity contribution in [3.8, 4) is 0 Å². The number of nitrogens with one attached hydrogen (secondary N) is 1. The zero-order chi connectivity index (χ0) is 10.6. The molecule has 0 spiro atoms. The Morgan fingerprint density at radius 3 is 2.64 bits per heavy atom. The van der Waals surface area contributed by atoms with Crippen molar-refractivity contribution in [1.82, 2.24) is 0 Å². The van der Waals surface area contributed by atoms with E-state index in [1.54, 1.807) is 0 Å². The lowest BCUT2D eigenvalue weighted by Crippen LogP contribution is -2.18. The van der Waals surface area contributed by atoms with Gasteiger partial charge in [0, 0.05) is 12.1 Å². The first-order chi connectivity index (χ1) is 6.75. The van der Waals surface area contributed by atoms with E-state index < -0.39 is 0 Å². The minimum absolute atomic E-state index is 0.131. The van der Waals surface area contributed by atoms with Gasteiger partial charge in [-0.1, -0.05) is 31.5 Å². The van der Waals surface area contributed by atoms with Gasteiger partial charge in [-0.25, -0.2) is 0 Å². The van der Waals surface area contributed by atoms with Crippen molar-refractivity contribution in [2.24, 2.45) is 0 Å². The summed E-state index contributed by atoms with van der Waals surface area (Å²) < 4.78 is 0. The van der Waals surface area contributed by atoms with Crippen LogP contribution in [0.5, 0.6) is 0 Å². The topological polar surface area (TPSA) is 29.1 Å². The summed E-state index contributed by atoms with van der Waals surface area (Å²) in [5.74, 6) is 0.131. The van der Waals surface area contributed by atoms with Crippen LogP contribution in [-0.4, -0.2) is 5.91 Å². The maximum Gasteiger partial charge on any atom is 0.224 e. The molecule has 1 N–H and O–H groups in total. The quantitative estimate of drug-likeness (QED) is 0.671. The van der Waals surface area contributed by atoms with E-state index in [9.17, 15) is 4.79 Å². The van der Waals surface area contributed by atoms with Crippen LogP contribution in [-0.2, 0) is 11.2 Å². The molecule has 0 fully saturated rings. The SMILES string of the molecule is CC.Cc1ccc2c(c1)CCC(=O)N2. The van der Waals surface area contributed by atoms with Gasteiger partial charge in [0.25, 0.3) is 0 Å². The van der Waals surface area contributed by atoms with Gasteiger partial charge in [-0.2, -0.15) is 0 Å². The number of hydrogen-bond donors (Lipinski definition) is 1. The molecule has 1 heterocycles. The zero-order valence-electron chi connectivity index (χ0n) is 9.05. The van der Waals surface area contributed by atoms with E-state index in [1.807, 2.05) is 26.0 Å². The molecule has 0 saturated carbocycles. The Morgan fingerprint density at radius 2 is 1.93 bits per heavy atom. The fourth-order valence-corrected chi connectivity index (χ4v) is 1.51. The third-order valence-corrected chi connectivity index (χ3v) is 2.16. The molecule has 2 nitrogen and oxygen atoms in total. The summed E-state index contributed by atoms with van der Waals surface area (Å²) in [6, 6.07) is 6.13. The van der Waals surface area contributed by atoms with Gasteiger partial charge in [0.15, 0.2) is 0 Å². The molecule has 0 unspecified atom stereocenters. The zero-order valence-corrected chi connectivity index (χ0v) is 9.05. The van der Waals surface area contributed by atoms with E-state index in [1.165, 1.54) is 11.1 Å². The van der Waals surface area contributed by atoms with Crippen molar-refractivity contribution < 1.29 is 4.79 Å². The minimum Gasteiger partial charge on any atom is -0.326 e. The Morgan fingerprint density at radius 1 is 1.21 bits per heavy atom. The van der Waals surface area contributed by atoms with Crippen molar-refractivity contribution in [1.29, 1.82) is 0 Å². The van der Waals surface area contributed by atoms with Crippen molar-refractivity contribution in [3.05, 3.63) is 29.3 Å². The number of fused-ring (bicyclic) bond motifs is 1. The van der Waals surface area contributed by atoms with Crippen LogP contribution in [0, 0.1) is 6.92 Å². The smallest absolute Gasteiger partial charge is 0.224 e. The van der Waals surface area contributed by atoms with E-state index in [-0.39, 0.29) is 5.91 Å². The minimum atomic E-state index is 0.131. The van der Waals surface area contributed by atoms with Crippen LogP contribution in [0.4, 0.5) is 5.69 Å². The van der Waals surface area contributed by atoms with Gasteiger partial charge < -0.3 is 5.32 Å². The number of carbonyl (C=O) groups excluding carboxylic acids is 1. The summed E-state index contributed by atoms with van der Waals surface area (Å²) in [7, 11) is 0. The van der Waals surface area contributed by atoms with Crippen molar-refractivity contribution >= 4 is 11.6 Å². The van der Waals surface area contributed by atoms with Crippen molar-refractivity contribution in [3.63, 3.8) is 0 Å². The number of anilines is 1. The summed E-state index contributed by atoms with van der Waals surface area (Å²) in [6.45, 7) is 6.07. The largest absolute Gasteiger partial charge is 0.326 e. The maximum absolute atomic E-state index is 11.0. The molecular formula is C12H17NO. The number of benzene rings is 1. The highest BCUT2D eigenvalue weighted by Gasteiger charge is 2.13. The summed E-state index contributed by atoms with van der Waals surface area (Å²) >= 11 is 0. The molecule has 0 radical (unpaired) electrons. The second-order valence-corrected chi connectivity index (χ2v) is 3.21. The first-order valence-electron chi connectivity index (χ1n) is 5.15. The van der Waals surface area contributed by atoms with Crippen LogP contribution in [0.3, 0.4) is 0 Å². The van der Waals surface area contributed by atoms with Gasteiger partial charge in [0.1, 0.15) is 0 Å². The highest BCUT2D eigenvalue weighted by Crippen LogP contribution is 2.22.